The number of anilines is 2. The van der Waals surface area contributed by atoms with Crippen LogP contribution in [0.3, 0.4) is 0 Å². The fourth-order valence-electron chi connectivity index (χ4n) is 3.29. The number of hydrogen-bond acceptors (Lipinski definition) is 3. The molecule has 2 aliphatic rings. The van der Waals surface area contributed by atoms with E-state index in [9.17, 15) is 9.59 Å². The summed E-state index contributed by atoms with van der Waals surface area (Å²) in [5, 5.41) is 2.92. The number of nitrogens with one attached hydrogen (secondary N) is 1. The first kappa shape index (κ1) is 14.5. The van der Waals surface area contributed by atoms with Crippen molar-refractivity contribution >= 4 is 34.5 Å². The summed E-state index contributed by atoms with van der Waals surface area (Å²) in [6.45, 7) is 2.26. The molecule has 1 aromatic heterocycles. The lowest BCUT2D eigenvalue weighted by atomic mass is 10.1. The topological polar surface area (TPSA) is 49.4 Å². The third-order valence-corrected chi connectivity index (χ3v) is 5.78. The Morgan fingerprint density at radius 3 is 2.96 bits per heavy atom. The second-order valence-electron chi connectivity index (χ2n) is 6.24. The van der Waals surface area contributed by atoms with Gasteiger partial charge in [-0.3, -0.25) is 9.59 Å². The van der Waals surface area contributed by atoms with E-state index in [2.05, 4.69) is 5.32 Å². The van der Waals surface area contributed by atoms with Crippen LogP contribution in [0.1, 0.15) is 33.5 Å². The van der Waals surface area contributed by atoms with Gasteiger partial charge in [-0.05, 0) is 43.0 Å². The number of aryl methyl sites for hydroxylation is 2. The van der Waals surface area contributed by atoms with Crippen LogP contribution in [0.2, 0.25) is 0 Å². The molecule has 2 amide bonds. The van der Waals surface area contributed by atoms with Crippen LogP contribution in [0.4, 0.5) is 11.4 Å². The number of nitrogens with zero attached hydrogens (tertiary/aromatic N) is 1. The van der Waals surface area contributed by atoms with Crippen molar-refractivity contribution in [2.75, 3.05) is 16.8 Å². The predicted molar refractivity (Wildman–Crippen MR) is 92.3 cm³/mol. The number of para-hydroxylation sites is 2. The quantitative estimate of drug-likeness (QED) is 0.872. The van der Waals surface area contributed by atoms with Crippen molar-refractivity contribution < 1.29 is 9.59 Å². The van der Waals surface area contributed by atoms with Crippen molar-refractivity contribution in [3.05, 3.63) is 45.6 Å². The fourth-order valence-corrected chi connectivity index (χ4v) is 4.49. The number of carbonyl (C=O) groups is 2. The third kappa shape index (κ3) is 2.45. The van der Waals surface area contributed by atoms with E-state index in [4.69, 9.17) is 0 Å². The molecule has 1 aliphatic carbocycles. The van der Waals surface area contributed by atoms with Crippen molar-refractivity contribution in [1.29, 1.82) is 0 Å². The lowest BCUT2D eigenvalue weighted by Gasteiger charge is -2.23. The van der Waals surface area contributed by atoms with Crippen molar-refractivity contribution in [2.24, 2.45) is 5.92 Å². The molecule has 2 aromatic rings. The Morgan fingerprint density at radius 2 is 2.13 bits per heavy atom. The average molecular weight is 326 g/mol. The molecule has 1 aromatic carbocycles. The molecular weight excluding hydrogens is 308 g/mol. The number of hydrogen-bond donors (Lipinski definition) is 1. The van der Waals surface area contributed by atoms with Gasteiger partial charge in [0.15, 0.2) is 0 Å². The third-order valence-electron chi connectivity index (χ3n) is 4.56. The molecule has 1 N–H and O–H groups in total. The second kappa shape index (κ2) is 5.49. The smallest absolute Gasteiger partial charge is 0.268 e. The molecule has 23 heavy (non-hydrogen) atoms. The van der Waals surface area contributed by atoms with Crippen LogP contribution in [-0.2, 0) is 17.6 Å². The zero-order valence-electron chi connectivity index (χ0n) is 13.0. The van der Waals surface area contributed by atoms with Gasteiger partial charge in [0.25, 0.3) is 5.91 Å². The fraction of sp³-hybridized carbons (Fsp3) is 0.333. The van der Waals surface area contributed by atoms with Gasteiger partial charge in [0, 0.05) is 11.4 Å². The van der Waals surface area contributed by atoms with Gasteiger partial charge in [-0.2, -0.15) is 0 Å². The Bertz CT molecular complexity index is 775. The van der Waals surface area contributed by atoms with E-state index >= 15 is 0 Å². The first-order valence-corrected chi connectivity index (χ1v) is 8.78. The Labute approximate surface area is 139 Å². The summed E-state index contributed by atoms with van der Waals surface area (Å²) >= 11 is 1.61. The van der Waals surface area contributed by atoms with Gasteiger partial charge in [0.05, 0.1) is 22.2 Å². The lowest BCUT2D eigenvalue weighted by Crippen LogP contribution is -2.35. The molecule has 0 bridgehead atoms. The van der Waals surface area contributed by atoms with Gasteiger partial charge in [-0.15, -0.1) is 11.3 Å². The SMILES string of the molecule is C[C@@H]1CN(C(=O)c2cc3c(s2)CCC3)c2ccccc2NC1=O. The van der Waals surface area contributed by atoms with Crippen molar-refractivity contribution in [3.8, 4) is 0 Å². The Hall–Kier alpha value is -2.14. The van der Waals surface area contributed by atoms with E-state index < -0.39 is 0 Å². The van der Waals surface area contributed by atoms with E-state index in [1.165, 1.54) is 16.9 Å². The number of amides is 2. The maximum Gasteiger partial charge on any atom is 0.268 e. The van der Waals surface area contributed by atoms with Crippen LogP contribution in [0, 0.1) is 5.92 Å². The summed E-state index contributed by atoms with van der Waals surface area (Å²) in [4.78, 5) is 29.1. The molecule has 5 heteroatoms. The van der Waals surface area contributed by atoms with Crippen LogP contribution in [-0.4, -0.2) is 18.4 Å². The second-order valence-corrected chi connectivity index (χ2v) is 7.37. The summed E-state index contributed by atoms with van der Waals surface area (Å²) in [5.41, 5.74) is 2.81. The van der Waals surface area contributed by atoms with Crippen LogP contribution in [0.15, 0.2) is 30.3 Å². The highest BCUT2D eigenvalue weighted by atomic mass is 32.1. The molecule has 0 saturated carbocycles. The normalized spacial score (nSPS) is 19.8. The molecule has 0 fully saturated rings. The summed E-state index contributed by atoms with van der Waals surface area (Å²) in [6.07, 6.45) is 3.35. The molecule has 1 aliphatic heterocycles. The molecule has 2 heterocycles. The summed E-state index contributed by atoms with van der Waals surface area (Å²) < 4.78 is 0. The zero-order chi connectivity index (χ0) is 16.0. The predicted octanol–water partition coefficient (Wildman–Crippen LogP) is 3.47. The van der Waals surface area contributed by atoms with Gasteiger partial charge in [-0.1, -0.05) is 19.1 Å². The summed E-state index contributed by atoms with van der Waals surface area (Å²) in [5.74, 6) is -0.278. The van der Waals surface area contributed by atoms with E-state index in [0.29, 0.717) is 12.2 Å². The molecule has 1 atom stereocenters. The van der Waals surface area contributed by atoms with Gasteiger partial charge in [0.1, 0.15) is 0 Å². The minimum absolute atomic E-state index is 0.000185. The Kier molecular flexibility index (Phi) is 3.45. The number of thiophene rings is 1. The van der Waals surface area contributed by atoms with Gasteiger partial charge in [-0.25, -0.2) is 0 Å². The lowest BCUT2D eigenvalue weighted by molar-refractivity contribution is -0.119. The maximum atomic E-state index is 13.1. The van der Waals surface area contributed by atoms with E-state index in [1.54, 1.807) is 16.2 Å². The number of rotatable bonds is 1. The highest BCUT2D eigenvalue weighted by molar-refractivity contribution is 7.14. The largest absolute Gasteiger partial charge is 0.324 e. The van der Waals surface area contributed by atoms with E-state index in [0.717, 1.165) is 23.4 Å². The maximum absolute atomic E-state index is 13.1. The van der Waals surface area contributed by atoms with Crippen LogP contribution < -0.4 is 10.2 Å². The molecule has 4 nitrogen and oxygen atoms in total. The number of fused-ring (bicyclic) bond motifs is 2. The van der Waals surface area contributed by atoms with Crippen molar-refractivity contribution in [3.63, 3.8) is 0 Å². The van der Waals surface area contributed by atoms with Gasteiger partial charge >= 0.3 is 0 Å². The van der Waals surface area contributed by atoms with Crippen LogP contribution in [0.5, 0.6) is 0 Å². The van der Waals surface area contributed by atoms with Crippen LogP contribution in [0.25, 0.3) is 0 Å². The highest BCUT2D eigenvalue weighted by Gasteiger charge is 2.30. The highest BCUT2D eigenvalue weighted by Crippen LogP contribution is 2.35. The minimum Gasteiger partial charge on any atom is -0.324 e. The van der Waals surface area contributed by atoms with Gasteiger partial charge in [0.2, 0.25) is 5.91 Å². The monoisotopic (exact) mass is 326 g/mol. The first-order valence-electron chi connectivity index (χ1n) is 7.97. The molecule has 118 valence electrons. The van der Waals surface area contributed by atoms with Gasteiger partial charge < -0.3 is 10.2 Å². The number of carbonyl (C=O) groups excluding carboxylic acids is 2. The molecule has 4 rings (SSSR count). The molecule has 0 saturated heterocycles. The summed E-state index contributed by atoms with van der Waals surface area (Å²) in [6, 6.07) is 9.56. The molecule has 0 spiro atoms. The van der Waals surface area contributed by atoms with E-state index in [-0.39, 0.29) is 17.7 Å². The number of benzene rings is 1. The van der Waals surface area contributed by atoms with Crippen molar-refractivity contribution in [1.82, 2.24) is 0 Å². The molecule has 0 radical (unpaired) electrons. The zero-order valence-corrected chi connectivity index (χ0v) is 13.8. The molecule has 0 unspecified atom stereocenters. The van der Waals surface area contributed by atoms with E-state index in [1.807, 2.05) is 37.3 Å². The standard InChI is InChI=1S/C18H18N2O2S/c1-11-10-20(14-7-3-2-6-13(14)19-17(11)21)18(22)16-9-12-5-4-8-15(12)23-16/h2-3,6-7,9,11H,4-5,8,10H2,1H3,(H,19,21)/t11-/m1/s1. The Morgan fingerprint density at radius 1 is 1.30 bits per heavy atom. The first-order chi connectivity index (χ1) is 11.1. The minimum atomic E-state index is -0.238. The Balaban J connectivity index is 1.73. The molecular formula is C18H18N2O2S. The van der Waals surface area contributed by atoms with Crippen molar-refractivity contribution in [2.45, 2.75) is 26.2 Å². The average Bonchev–Trinajstić information content (AvgIpc) is 3.11. The summed E-state index contributed by atoms with van der Waals surface area (Å²) in [7, 11) is 0. The van der Waals surface area contributed by atoms with Crippen LogP contribution >= 0.6 is 11.3 Å².